The number of furan rings is 1. The van der Waals surface area contributed by atoms with E-state index in [4.69, 9.17) is 16.0 Å². The Morgan fingerprint density at radius 2 is 1.74 bits per heavy atom. The highest BCUT2D eigenvalue weighted by Crippen LogP contribution is 2.32. The number of rotatable bonds is 9. The molecule has 4 aromatic rings. The molecule has 182 valence electrons. The van der Waals surface area contributed by atoms with E-state index in [9.17, 15) is 13.2 Å². The maximum atomic E-state index is 12.7. The van der Waals surface area contributed by atoms with Crippen molar-refractivity contribution in [3.63, 3.8) is 0 Å². The molecule has 5 nitrogen and oxygen atoms in total. The van der Waals surface area contributed by atoms with Gasteiger partial charge in [-0.1, -0.05) is 73.8 Å². The summed E-state index contributed by atoms with van der Waals surface area (Å²) in [5, 5.41) is 1.41. The molecule has 7 heteroatoms. The predicted octanol–water partition coefficient (Wildman–Crippen LogP) is 6.90. The van der Waals surface area contributed by atoms with Crippen LogP contribution < -0.4 is 4.72 Å². The molecule has 1 aromatic heterocycles. The Kier molecular flexibility index (Phi) is 7.63. The maximum absolute atomic E-state index is 12.7. The lowest BCUT2D eigenvalue weighted by Gasteiger charge is -2.09. The van der Waals surface area contributed by atoms with E-state index in [1.807, 2.05) is 62.4 Å². The minimum absolute atomic E-state index is 0.0671. The van der Waals surface area contributed by atoms with E-state index in [0.717, 1.165) is 46.2 Å². The number of benzene rings is 3. The molecule has 0 aliphatic carbocycles. The van der Waals surface area contributed by atoms with Crippen molar-refractivity contribution >= 4 is 38.5 Å². The third kappa shape index (κ3) is 5.95. The monoisotopic (exact) mass is 509 g/mol. The molecule has 1 amide bonds. The zero-order valence-corrected chi connectivity index (χ0v) is 21.4. The van der Waals surface area contributed by atoms with Gasteiger partial charge in [0.15, 0.2) is 0 Å². The lowest BCUT2D eigenvalue weighted by Crippen LogP contribution is -2.32. The van der Waals surface area contributed by atoms with Gasteiger partial charge in [-0.25, -0.2) is 13.1 Å². The number of fused-ring (bicyclic) bond motifs is 1. The fraction of sp³-hybridized carbons (Fsp3) is 0.250. The first-order valence-corrected chi connectivity index (χ1v) is 13.7. The lowest BCUT2D eigenvalue weighted by molar-refractivity contribution is 0.0981. The number of halogens is 1. The van der Waals surface area contributed by atoms with Crippen molar-refractivity contribution < 1.29 is 17.6 Å². The molecule has 0 spiro atoms. The molecule has 0 saturated heterocycles. The van der Waals surface area contributed by atoms with E-state index in [1.165, 1.54) is 0 Å². The largest absolute Gasteiger partial charge is 0.461 e. The van der Waals surface area contributed by atoms with Crippen molar-refractivity contribution in [3.05, 3.63) is 94.2 Å². The molecule has 0 radical (unpaired) electrons. The fourth-order valence-electron chi connectivity index (χ4n) is 4.12. The van der Waals surface area contributed by atoms with Crippen LogP contribution in [0.1, 0.15) is 53.4 Å². The molecule has 3 aromatic carbocycles. The number of aryl methyl sites for hydroxylation is 1. The van der Waals surface area contributed by atoms with E-state index >= 15 is 0 Å². The van der Waals surface area contributed by atoms with Crippen LogP contribution in [0.5, 0.6) is 0 Å². The van der Waals surface area contributed by atoms with E-state index in [0.29, 0.717) is 23.4 Å². The summed E-state index contributed by atoms with van der Waals surface area (Å²) in [6, 6.07) is 21.0. The Morgan fingerprint density at radius 1 is 0.971 bits per heavy atom. The number of carbonyl (C=O) groups is 1. The van der Waals surface area contributed by atoms with Crippen molar-refractivity contribution in [1.29, 1.82) is 0 Å². The van der Waals surface area contributed by atoms with E-state index in [2.05, 4.69) is 4.72 Å². The molecular weight excluding hydrogens is 482 g/mol. The summed E-state index contributed by atoms with van der Waals surface area (Å²) in [5.74, 6) is 0.0222. The summed E-state index contributed by atoms with van der Waals surface area (Å²) in [5.41, 5.74) is 4.87. The number of nitrogens with one attached hydrogen (secondary N) is 1. The zero-order valence-electron chi connectivity index (χ0n) is 19.8. The van der Waals surface area contributed by atoms with Crippen molar-refractivity contribution in [2.45, 2.75) is 39.5 Å². The third-order valence-electron chi connectivity index (χ3n) is 6.05. The highest BCUT2D eigenvalue weighted by atomic mass is 35.5. The maximum Gasteiger partial charge on any atom is 0.264 e. The lowest BCUT2D eigenvalue weighted by atomic mass is 9.98. The highest BCUT2D eigenvalue weighted by molar-refractivity contribution is 7.90. The molecule has 0 aliphatic rings. The van der Waals surface area contributed by atoms with Crippen LogP contribution in [0.4, 0.5) is 0 Å². The molecule has 0 aliphatic heterocycles. The third-order valence-corrected chi connectivity index (χ3v) is 7.72. The van der Waals surface area contributed by atoms with Crippen LogP contribution in [-0.4, -0.2) is 20.1 Å². The Morgan fingerprint density at radius 3 is 2.46 bits per heavy atom. The Balaban J connectivity index is 1.59. The SMILES string of the molecule is CCCCCS(=O)(=O)NC(=O)c1ccc2oc(C)c(Cc3ccc(-c4ccccc4)cc3Cl)c2c1. The number of unbranched alkanes of at least 4 members (excludes halogenated alkanes) is 2. The Bertz CT molecular complexity index is 1460. The number of amides is 1. The van der Waals surface area contributed by atoms with Crippen molar-refractivity contribution in [3.8, 4) is 11.1 Å². The quantitative estimate of drug-likeness (QED) is 0.249. The van der Waals surface area contributed by atoms with E-state index in [-0.39, 0.29) is 11.3 Å². The van der Waals surface area contributed by atoms with Crippen LogP contribution in [0.15, 0.2) is 71.1 Å². The van der Waals surface area contributed by atoms with Gasteiger partial charge in [-0.05, 0) is 54.3 Å². The minimum Gasteiger partial charge on any atom is -0.461 e. The standard InChI is InChI=1S/C28H28ClNO4S/c1-3-4-8-15-35(32,33)30-28(31)23-13-14-27-25(17-23)24(19(2)34-27)16-22-12-11-21(18-26(22)29)20-9-6-5-7-10-20/h5-7,9-14,17-18H,3-4,8,15-16H2,1-2H3,(H,30,31). The van der Waals surface area contributed by atoms with E-state index in [1.54, 1.807) is 18.2 Å². The van der Waals surface area contributed by atoms with Gasteiger partial charge in [-0.3, -0.25) is 4.79 Å². The van der Waals surface area contributed by atoms with Gasteiger partial charge in [0, 0.05) is 28.0 Å². The molecule has 1 N–H and O–H groups in total. The second-order valence-corrected chi connectivity index (χ2v) is 10.9. The highest BCUT2D eigenvalue weighted by Gasteiger charge is 2.19. The van der Waals surface area contributed by atoms with Gasteiger partial charge in [-0.15, -0.1) is 0 Å². The van der Waals surface area contributed by atoms with Crippen molar-refractivity contribution in [1.82, 2.24) is 4.72 Å². The number of hydrogen-bond acceptors (Lipinski definition) is 4. The van der Waals surface area contributed by atoms with Crippen molar-refractivity contribution in [2.75, 3.05) is 5.75 Å². The van der Waals surface area contributed by atoms with Gasteiger partial charge < -0.3 is 4.42 Å². The average molecular weight is 510 g/mol. The molecule has 0 atom stereocenters. The van der Waals surface area contributed by atoms with E-state index < -0.39 is 15.9 Å². The van der Waals surface area contributed by atoms with Gasteiger partial charge in [0.25, 0.3) is 5.91 Å². The zero-order chi connectivity index (χ0) is 25.0. The first-order valence-electron chi connectivity index (χ1n) is 11.7. The topological polar surface area (TPSA) is 76.4 Å². The van der Waals surface area contributed by atoms with Crippen molar-refractivity contribution in [2.24, 2.45) is 0 Å². The van der Waals surface area contributed by atoms with Gasteiger partial charge in [0.05, 0.1) is 5.75 Å². The first-order chi connectivity index (χ1) is 16.8. The second-order valence-electron chi connectivity index (χ2n) is 8.65. The van der Waals surface area contributed by atoms with Gasteiger partial charge in [-0.2, -0.15) is 0 Å². The normalized spacial score (nSPS) is 11.6. The minimum atomic E-state index is -3.68. The van der Waals surface area contributed by atoms with Crippen LogP contribution in [0.3, 0.4) is 0 Å². The Labute approximate surface area is 211 Å². The first kappa shape index (κ1) is 25.0. The Hall–Kier alpha value is -3.09. The summed E-state index contributed by atoms with van der Waals surface area (Å²) < 4.78 is 32.6. The van der Waals surface area contributed by atoms with Crippen LogP contribution in [0, 0.1) is 6.92 Å². The molecule has 4 rings (SSSR count). The summed E-state index contributed by atoms with van der Waals surface area (Å²) in [7, 11) is -3.68. The van der Waals surface area contributed by atoms with Crippen LogP contribution in [-0.2, 0) is 16.4 Å². The summed E-state index contributed by atoms with van der Waals surface area (Å²) in [6.45, 7) is 3.87. The number of sulfonamides is 1. The molecule has 0 saturated carbocycles. The number of hydrogen-bond donors (Lipinski definition) is 1. The van der Waals surface area contributed by atoms with Crippen LogP contribution >= 0.6 is 11.6 Å². The predicted molar refractivity (Wildman–Crippen MR) is 141 cm³/mol. The summed E-state index contributed by atoms with van der Waals surface area (Å²) in [4.78, 5) is 12.7. The molecule has 0 unspecified atom stereocenters. The van der Waals surface area contributed by atoms with Gasteiger partial charge in [0.1, 0.15) is 11.3 Å². The second kappa shape index (κ2) is 10.7. The summed E-state index contributed by atoms with van der Waals surface area (Å²) >= 11 is 6.64. The summed E-state index contributed by atoms with van der Waals surface area (Å²) in [6.07, 6.45) is 2.75. The van der Waals surface area contributed by atoms with Gasteiger partial charge >= 0.3 is 0 Å². The van der Waals surface area contributed by atoms with Crippen LogP contribution in [0.2, 0.25) is 5.02 Å². The van der Waals surface area contributed by atoms with Crippen LogP contribution in [0.25, 0.3) is 22.1 Å². The van der Waals surface area contributed by atoms with Gasteiger partial charge in [0.2, 0.25) is 10.0 Å². The fourth-order valence-corrected chi connectivity index (χ4v) is 5.45. The number of carbonyl (C=O) groups excluding carboxylic acids is 1. The smallest absolute Gasteiger partial charge is 0.264 e. The molecule has 0 bridgehead atoms. The molecular formula is C28H28ClNO4S. The molecule has 1 heterocycles. The average Bonchev–Trinajstić information content (AvgIpc) is 3.14. The molecule has 35 heavy (non-hydrogen) atoms. The molecule has 0 fully saturated rings.